The van der Waals surface area contributed by atoms with Crippen LogP contribution in [-0.4, -0.2) is 7.11 Å². The van der Waals surface area contributed by atoms with Crippen LogP contribution >= 0.6 is 11.6 Å². The summed E-state index contributed by atoms with van der Waals surface area (Å²) in [6.07, 6.45) is 4.39. The summed E-state index contributed by atoms with van der Waals surface area (Å²) in [6.45, 7) is 1.99. The van der Waals surface area contributed by atoms with Crippen molar-refractivity contribution >= 4 is 11.6 Å². The molecule has 3 heteroatoms. The maximum absolute atomic E-state index is 6.41. The molecule has 2 N–H and O–H groups in total. The van der Waals surface area contributed by atoms with Gasteiger partial charge in [0.05, 0.1) is 12.1 Å². The number of hydrogen-bond donors (Lipinski definition) is 1. The first-order valence-electron chi connectivity index (χ1n) is 5.71. The maximum Gasteiger partial charge on any atom is 0.140 e. The Morgan fingerprint density at radius 1 is 1.31 bits per heavy atom. The van der Waals surface area contributed by atoms with E-state index in [1.807, 2.05) is 19.1 Å². The van der Waals surface area contributed by atoms with Gasteiger partial charge in [-0.1, -0.05) is 36.6 Å². The van der Waals surface area contributed by atoms with Crippen molar-refractivity contribution in [2.24, 2.45) is 5.73 Å². The first-order valence-corrected chi connectivity index (χ1v) is 6.09. The Labute approximate surface area is 102 Å². The van der Waals surface area contributed by atoms with Gasteiger partial charge in [-0.3, -0.25) is 0 Å². The molecule has 0 heterocycles. The Bertz CT molecular complexity index is 397. The number of methoxy groups -OCH3 is 1. The molecule has 2 nitrogen and oxygen atoms in total. The van der Waals surface area contributed by atoms with Crippen LogP contribution in [-0.2, 0) is 5.54 Å². The van der Waals surface area contributed by atoms with Crippen LogP contribution < -0.4 is 10.5 Å². The number of hydrogen-bond acceptors (Lipinski definition) is 2. The summed E-state index contributed by atoms with van der Waals surface area (Å²) in [4.78, 5) is 0. The number of ether oxygens (including phenoxy) is 1. The van der Waals surface area contributed by atoms with Crippen molar-refractivity contribution in [1.29, 1.82) is 0 Å². The number of halogens is 1. The average molecular weight is 240 g/mol. The van der Waals surface area contributed by atoms with E-state index in [-0.39, 0.29) is 5.54 Å². The second-order valence-electron chi connectivity index (χ2n) is 4.64. The standard InChI is InChI=1S/C13H18ClNO/c1-9-5-6-10(11(14)12(9)16-2)13(15)7-3-4-8-13/h5-6H,3-4,7-8,15H2,1-2H3. The summed E-state index contributed by atoms with van der Waals surface area (Å²) in [6, 6.07) is 4.08. The molecule has 0 bridgehead atoms. The van der Waals surface area contributed by atoms with Gasteiger partial charge in [-0.2, -0.15) is 0 Å². The minimum absolute atomic E-state index is 0.252. The van der Waals surface area contributed by atoms with Crippen LogP contribution in [0.3, 0.4) is 0 Å². The van der Waals surface area contributed by atoms with Crippen LogP contribution in [0.25, 0.3) is 0 Å². The Morgan fingerprint density at radius 3 is 2.50 bits per heavy atom. The third-order valence-electron chi connectivity index (χ3n) is 3.53. The van der Waals surface area contributed by atoms with Gasteiger partial charge in [0.2, 0.25) is 0 Å². The number of aryl methyl sites for hydroxylation is 1. The fraction of sp³-hybridized carbons (Fsp3) is 0.538. The number of benzene rings is 1. The quantitative estimate of drug-likeness (QED) is 0.859. The fourth-order valence-corrected chi connectivity index (χ4v) is 3.04. The van der Waals surface area contributed by atoms with E-state index in [2.05, 4.69) is 0 Å². The van der Waals surface area contributed by atoms with E-state index in [1.165, 1.54) is 12.8 Å². The van der Waals surface area contributed by atoms with Gasteiger partial charge in [-0.25, -0.2) is 0 Å². The monoisotopic (exact) mass is 239 g/mol. The molecule has 0 aromatic heterocycles. The summed E-state index contributed by atoms with van der Waals surface area (Å²) in [7, 11) is 1.65. The van der Waals surface area contributed by atoms with Crippen LogP contribution in [0.1, 0.15) is 36.8 Å². The highest BCUT2D eigenvalue weighted by Crippen LogP contribution is 2.43. The summed E-state index contributed by atoms with van der Waals surface area (Å²) in [5, 5.41) is 0.687. The zero-order valence-corrected chi connectivity index (χ0v) is 10.6. The predicted octanol–water partition coefficient (Wildman–Crippen LogP) is 3.39. The largest absolute Gasteiger partial charge is 0.495 e. The second-order valence-corrected chi connectivity index (χ2v) is 5.02. The Kier molecular flexibility index (Phi) is 3.13. The van der Waals surface area contributed by atoms with E-state index in [0.717, 1.165) is 29.7 Å². The van der Waals surface area contributed by atoms with Gasteiger partial charge in [0.25, 0.3) is 0 Å². The van der Waals surface area contributed by atoms with Gasteiger partial charge >= 0.3 is 0 Å². The van der Waals surface area contributed by atoms with E-state index in [1.54, 1.807) is 7.11 Å². The van der Waals surface area contributed by atoms with Crippen LogP contribution in [0.2, 0.25) is 5.02 Å². The SMILES string of the molecule is COc1c(C)ccc(C2(N)CCCC2)c1Cl. The summed E-state index contributed by atoms with van der Waals surface area (Å²) in [5.74, 6) is 0.760. The van der Waals surface area contributed by atoms with Crippen molar-refractivity contribution in [1.82, 2.24) is 0 Å². The lowest BCUT2D eigenvalue weighted by Crippen LogP contribution is -2.33. The topological polar surface area (TPSA) is 35.2 Å². The molecular formula is C13H18ClNO. The van der Waals surface area contributed by atoms with Crippen LogP contribution in [0.15, 0.2) is 12.1 Å². The molecule has 1 aliphatic carbocycles. The Balaban J connectivity index is 2.49. The molecule has 1 aromatic carbocycles. The molecule has 1 aromatic rings. The first kappa shape index (κ1) is 11.7. The highest BCUT2D eigenvalue weighted by Gasteiger charge is 2.34. The third kappa shape index (κ3) is 1.80. The van der Waals surface area contributed by atoms with Crippen molar-refractivity contribution in [2.75, 3.05) is 7.11 Å². The molecule has 0 radical (unpaired) electrons. The molecule has 0 amide bonds. The minimum Gasteiger partial charge on any atom is -0.495 e. The second kappa shape index (κ2) is 4.27. The third-order valence-corrected chi connectivity index (χ3v) is 3.91. The lowest BCUT2D eigenvalue weighted by atomic mass is 9.88. The smallest absolute Gasteiger partial charge is 0.140 e. The molecule has 1 aliphatic rings. The normalized spacial score (nSPS) is 18.8. The van der Waals surface area contributed by atoms with E-state index < -0.39 is 0 Å². The van der Waals surface area contributed by atoms with Crippen LogP contribution in [0.4, 0.5) is 0 Å². The van der Waals surface area contributed by atoms with Gasteiger partial charge < -0.3 is 10.5 Å². The molecule has 0 unspecified atom stereocenters. The van der Waals surface area contributed by atoms with Gasteiger partial charge in [-0.15, -0.1) is 0 Å². The highest BCUT2D eigenvalue weighted by molar-refractivity contribution is 6.33. The molecule has 0 saturated heterocycles. The van der Waals surface area contributed by atoms with E-state index in [4.69, 9.17) is 22.1 Å². The molecular weight excluding hydrogens is 222 g/mol. The fourth-order valence-electron chi connectivity index (χ4n) is 2.56. The predicted molar refractivity (Wildman–Crippen MR) is 67.1 cm³/mol. The lowest BCUT2D eigenvalue weighted by molar-refractivity contribution is 0.406. The Morgan fingerprint density at radius 2 is 1.94 bits per heavy atom. The molecule has 0 spiro atoms. The van der Waals surface area contributed by atoms with Gasteiger partial charge in [-0.05, 0) is 30.9 Å². The van der Waals surface area contributed by atoms with Crippen molar-refractivity contribution in [3.63, 3.8) is 0 Å². The van der Waals surface area contributed by atoms with Crippen molar-refractivity contribution in [3.8, 4) is 5.75 Å². The van der Waals surface area contributed by atoms with Crippen molar-refractivity contribution in [2.45, 2.75) is 38.1 Å². The first-order chi connectivity index (χ1) is 7.58. The van der Waals surface area contributed by atoms with Crippen LogP contribution in [0.5, 0.6) is 5.75 Å². The van der Waals surface area contributed by atoms with Crippen molar-refractivity contribution < 1.29 is 4.74 Å². The van der Waals surface area contributed by atoms with Crippen molar-refractivity contribution in [3.05, 3.63) is 28.3 Å². The molecule has 16 heavy (non-hydrogen) atoms. The van der Waals surface area contributed by atoms with Gasteiger partial charge in [0, 0.05) is 5.54 Å². The molecule has 0 aliphatic heterocycles. The molecule has 88 valence electrons. The molecule has 1 fully saturated rings. The summed E-state index contributed by atoms with van der Waals surface area (Å²) in [5.41, 5.74) is 8.25. The average Bonchev–Trinajstić information content (AvgIpc) is 2.66. The minimum atomic E-state index is -0.252. The zero-order valence-electron chi connectivity index (χ0n) is 9.85. The number of nitrogens with two attached hydrogens (primary N) is 1. The molecule has 1 saturated carbocycles. The zero-order chi connectivity index (χ0) is 11.8. The summed E-state index contributed by atoms with van der Waals surface area (Å²) < 4.78 is 5.33. The molecule has 2 rings (SSSR count). The lowest BCUT2D eigenvalue weighted by Gasteiger charge is -2.26. The van der Waals surface area contributed by atoms with Gasteiger partial charge in [0.1, 0.15) is 5.75 Å². The highest BCUT2D eigenvalue weighted by atomic mass is 35.5. The molecule has 0 atom stereocenters. The van der Waals surface area contributed by atoms with Crippen LogP contribution in [0, 0.1) is 6.92 Å². The maximum atomic E-state index is 6.41. The summed E-state index contributed by atoms with van der Waals surface area (Å²) >= 11 is 6.38. The Hall–Kier alpha value is -0.730. The van der Waals surface area contributed by atoms with Gasteiger partial charge in [0.15, 0.2) is 0 Å². The van der Waals surface area contributed by atoms with E-state index in [9.17, 15) is 0 Å². The number of rotatable bonds is 2. The van der Waals surface area contributed by atoms with E-state index in [0.29, 0.717) is 5.02 Å². The van der Waals surface area contributed by atoms with E-state index >= 15 is 0 Å².